The first-order valence-corrected chi connectivity index (χ1v) is 5.51. The Morgan fingerprint density at radius 1 is 1.50 bits per heavy atom. The number of hydrogen-bond acceptors (Lipinski definition) is 1. The Hall–Kier alpha value is -1.69. The average molecular weight is 218 g/mol. The van der Waals surface area contributed by atoms with E-state index in [1.54, 1.807) is 0 Å². The van der Waals surface area contributed by atoms with Crippen molar-refractivity contribution in [3.05, 3.63) is 23.5 Å². The monoisotopic (exact) mass is 218 g/mol. The van der Waals surface area contributed by atoms with E-state index in [2.05, 4.69) is 11.2 Å². The van der Waals surface area contributed by atoms with Gasteiger partial charge in [0.1, 0.15) is 5.69 Å². The fourth-order valence-corrected chi connectivity index (χ4v) is 1.49. The zero-order valence-corrected chi connectivity index (χ0v) is 9.92. The maximum atomic E-state index is 11.7. The van der Waals surface area contributed by atoms with E-state index in [0.717, 1.165) is 25.0 Å². The van der Waals surface area contributed by atoms with Gasteiger partial charge in [0.05, 0.1) is 0 Å². The minimum atomic E-state index is -0.0173. The number of nitrogens with one attached hydrogen (secondary N) is 1. The summed E-state index contributed by atoms with van der Waals surface area (Å²) in [5.41, 5.74) is 1.78. The number of carbonyl (C=O) groups is 1. The predicted octanol–water partition coefficient (Wildman–Crippen LogP) is 1.87. The molecule has 0 aliphatic heterocycles. The summed E-state index contributed by atoms with van der Waals surface area (Å²) in [7, 11) is 1.89. The SMILES string of the molecule is C#CCCCCNC(=O)c1ccc(C)n1C. The molecule has 0 radical (unpaired) electrons. The summed E-state index contributed by atoms with van der Waals surface area (Å²) in [6.45, 7) is 2.66. The van der Waals surface area contributed by atoms with Crippen molar-refractivity contribution >= 4 is 5.91 Å². The molecule has 3 nitrogen and oxygen atoms in total. The van der Waals surface area contributed by atoms with Crippen molar-refractivity contribution in [2.24, 2.45) is 7.05 Å². The number of amides is 1. The van der Waals surface area contributed by atoms with Crippen LogP contribution in [0, 0.1) is 19.3 Å². The molecule has 0 spiro atoms. The standard InChI is InChI=1S/C13H18N2O/c1-4-5-6-7-10-14-13(16)12-9-8-11(2)15(12)3/h1,8-9H,5-7,10H2,2-3H3,(H,14,16). The molecular formula is C13H18N2O. The molecule has 1 rings (SSSR count). The molecule has 0 unspecified atom stereocenters. The molecule has 16 heavy (non-hydrogen) atoms. The van der Waals surface area contributed by atoms with Crippen LogP contribution in [-0.4, -0.2) is 17.0 Å². The van der Waals surface area contributed by atoms with Gasteiger partial charge in [0.15, 0.2) is 0 Å². The van der Waals surface area contributed by atoms with Gasteiger partial charge in [0, 0.05) is 25.7 Å². The highest BCUT2D eigenvalue weighted by atomic mass is 16.1. The van der Waals surface area contributed by atoms with Crippen LogP contribution in [0.4, 0.5) is 0 Å². The van der Waals surface area contributed by atoms with Gasteiger partial charge in [0.25, 0.3) is 5.91 Å². The third-order valence-electron chi connectivity index (χ3n) is 2.64. The van der Waals surface area contributed by atoms with E-state index in [1.165, 1.54) is 0 Å². The lowest BCUT2D eigenvalue weighted by Gasteiger charge is -2.06. The third kappa shape index (κ3) is 3.16. The Labute approximate surface area is 96.8 Å². The zero-order chi connectivity index (χ0) is 12.0. The van der Waals surface area contributed by atoms with Crippen molar-refractivity contribution in [3.8, 4) is 12.3 Å². The van der Waals surface area contributed by atoms with E-state index in [4.69, 9.17) is 6.42 Å². The topological polar surface area (TPSA) is 34.0 Å². The molecule has 1 heterocycles. The molecule has 0 fully saturated rings. The van der Waals surface area contributed by atoms with Crippen LogP contribution in [0.1, 0.15) is 35.4 Å². The second kappa shape index (κ2) is 6.02. The molecule has 1 amide bonds. The summed E-state index contributed by atoms with van der Waals surface area (Å²) in [6, 6.07) is 3.78. The molecule has 3 heteroatoms. The molecule has 0 atom stereocenters. The van der Waals surface area contributed by atoms with Crippen LogP contribution in [0.5, 0.6) is 0 Å². The van der Waals surface area contributed by atoms with Gasteiger partial charge >= 0.3 is 0 Å². The molecule has 0 saturated carbocycles. The second-order valence-electron chi connectivity index (χ2n) is 3.84. The first-order valence-electron chi connectivity index (χ1n) is 5.51. The molecule has 1 N–H and O–H groups in total. The lowest BCUT2D eigenvalue weighted by molar-refractivity contribution is 0.0944. The first kappa shape index (κ1) is 12.4. The van der Waals surface area contributed by atoms with Gasteiger partial charge in [-0.25, -0.2) is 0 Å². The smallest absolute Gasteiger partial charge is 0.267 e. The number of nitrogens with zero attached hydrogens (tertiary/aromatic N) is 1. The second-order valence-corrected chi connectivity index (χ2v) is 3.84. The van der Waals surface area contributed by atoms with E-state index >= 15 is 0 Å². The van der Waals surface area contributed by atoms with E-state index in [0.29, 0.717) is 12.2 Å². The van der Waals surface area contributed by atoms with E-state index in [9.17, 15) is 4.79 Å². The van der Waals surface area contributed by atoms with Crippen LogP contribution in [0.25, 0.3) is 0 Å². The molecule has 1 aromatic rings. The van der Waals surface area contributed by atoms with Gasteiger partial charge in [-0.15, -0.1) is 12.3 Å². The lowest BCUT2D eigenvalue weighted by atomic mass is 10.2. The molecular weight excluding hydrogens is 200 g/mol. The molecule has 86 valence electrons. The largest absolute Gasteiger partial charge is 0.351 e. The minimum Gasteiger partial charge on any atom is -0.351 e. The third-order valence-corrected chi connectivity index (χ3v) is 2.64. The van der Waals surface area contributed by atoms with Gasteiger partial charge < -0.3 is 9.88 Å². The maximum absolute atomic E-state index is 11.7. The van der Waals surface area contributed by atoms with Crippen LogP contribution in [-0.2, 0) is 7.05 Å². The Bertz CT molecular complexity index is 399. The van der Waals surface area contributed by atoms with Crippen molar-refractivity contribution in [3.63, 3.8) is 0 Å². The van der Waals surface area contributed by atoms with Crippen LogP contribution in [0.15, 0.2) is 12.1 Å². The number of hydrogen-bond donors (Lipinski definition) is 1. The normalized spacial score (nSPS) is 9.81. The Morgan fingerprint density at radius 2 is 2.25 bits per heavy atom. The van der Waals surface area contributed by atoms with Crippen LogP contribution in [0.2, 0.25) is 0 Å². The summed E-state index contributed by atoms with van der Waals surface area (Å²) >= 11 is 0. The molecule has 0 aromatic carbocycles. The first-order chi connectivity index (χ1) is 7.66. The van der Waals surface area contributed by atoms with Crippen molar-refractivity contribution in [1.82, 2.24) is 9.88 Å². The van der Waals surface area contributed by atoms with Crippen LogP contribution < -0.4 is 5.32 Å². The Balaban J connectivity index is 2.36. The van der Waals surface area contributed by atoms with E-state index in [1.807, 2.05) is 30.7 Å². The summed E-state index contributed by atoms with van der Waals surface area (Å²) in [6.07, 6.45) is 7.81. The highest BCUT2D eigenvalue weighted by Gasteiger charge is 2.09. The summed E-state index contributed by atoms with van der Waals surface area (Å²) in [4.78, 5) is 11.7. The molecule has 0 bridgehead atoms. The number of carbonyl (C=O) groups excluding carboxylic acids is 1. The summed E-state index contributed by atoms with van der Waals surface area (Å²) in [5, 5.41) is 2.88. The van der Waals surface area contributed by atoms with Crippen molar-refractivity contribution in [1.29, 1.82) is 0 Å². The summed E-state index contributed by atoms with van der Waals surface area (Å²) in [5.74, 6) is 2.57. The highest BCUT2D eigenvalue weighted by molar-refractivity contribution is 5.92. The van der Waals surface area contributed by atoms with E-state index in [-0.39, 0.29) is 5.91 Å². The van der Waals surface area contributed by atoms with Gasteiger partial charge in [-0.2, -0.15) is 0 Å². The molecule has 0 aliphatic rings. The fraction of sp³-hybridized carbons (Fsp3) is 0.462. The van der Waals surface area contributed by atoms with Gasteiger partial charge in [-0.3, -0.25) is 4.79 Å². The van der Waals surface area contributed by atoms with Crippen molar-refractivity contribution in [2.45, 2.75) is 26.2 Å². The quantitative estimate of drug-likeness (QED) is 0.594. The predicted molar refractivity (Wildman–Crippen MR) is 65.2 cm³/mol. The van der Waals surface area contributed by atoms with E-state index < -0.39 is 0 Å². The van der Waals surface area contributed by atoms with Gasteiger partial charge in [-0.1, -0.05) is 0 Å². The lowest BCUT2D eigenvalue weighted by Crippen LogP contribution is -2.26. The highest BCUT2D eigenvalue weighted by Crippen LogP contribution is 2.05. The number of aryl methyl sites for hydroxylation is 1. The summed E-state index contributed by atoms with van der Waals surface area (Å²) < 4.78 is 1.89. The van der Waals surface area contributed by atoms with Crippen molar-refractivity contribution in [2.75, 3.05) is 6.54 Å². The Kier molecular flexibility index (Phi) is 4.65. The van der Waals surface area contributed by atoms with Crippen LogP contribution >= 0.6 is 0 Å². The number of unbranched alkanes of at least 4 members (excludes halogenated alkanes) is 2. The average Bonchev–Trinajstić information content (AvgIpc) is 2.59. The van der Waals surface area contributed by atoms with Gasteiger partial charge in [-0.05, 0) is 31.9 Å². The zero-order valence-electron chi connectivity index (χ0n) is 9.92. The number of aromatic nitrogens is 1. The number of terminal acetylenes is 1. The minimum absolute atomic E-state index is 0.0173. The Morgan fingerprint density at radius 3 is 2.81 bits per heavy atom. The maximum Gasteiger partial charge on any atom is 0.267 e. The fourth-order valence-electron chi connectivity index (χ4n) is 1.49. The molecule has 0 aliphatic carbocycles. The van der Waals surface area contributed by atoms with Crippen LogP contribution in [0.3, 0.4) is 0 Å². The molecule has 0 saturated heterocycles. The molecule has 1 aromatic heterocycles. The number of rotatable bonds is 5. The van der Waals surface area contributed by atoms with Gasteiger partial charge in [0.2, 0.25) is 0 Å². The van der Waals surface area contributed by atoms with Crippen molar-refractivity contribution < 1.29 is 4.79 Å².